The van der Waals surface area contributed by atoms with Crippen molar-refractivity contribution in [2.24, 2.45) is 0 Å². The third kappa shape index (κ3) is 2.31. The number of hydrogen-bond acceptors (Lipinski definition) is 1. The van der Waals surface area contributed by atoms with Crippen LogP contribution in [-0.4, -0.2) is 24.0 Å². The van der Waals surface area contributed by atoms with Crippen molar-refractivity contribution in [3.05, 3.63) is 0 Å². The molecule has 0 aromatic heterocycles. The van der Waals surface area contributed by atoms with Crippen molar-refractivity contribution < 1.29 is 0 Å². The van der Waals surface area contributed by atoms with E-state index >= 15 is 0 Å². The topological polar surface area (TPSA) is 3.24 Å². The SMILES string of the molecule is CCN(C)C(C)(C)C. The van der Waals surface area contributed by atoms with Crippen LogP contribution in [0.5, 0.6) is 0 Å². The van der Waals surface area contributed by atoms with E-state index in [4.69, 9.17) is 0 Å². The maximum Gasteiger partial charge on any atom is 0.0121 e. The zero-order valence-corrected chi connectivity index (χ0v) is 6.65. The van der Waals surface area contributed by atoms with E-state index in [0.717, 1.165) is 6.54 Å². The quantitative estimate of drug-likeness (QED) is 0.503. The lowest BCUT2D eigenvalue weighted by atomic mass is 10.1. The number of rotatable bonds is 1. The monoisotopic (exact) mass is 115 g/mol. The first-order valence-electron chi connectivity index (χ1n) is 3.19. The van der Waals surface area contributed by atoms with Gasteiger partial charge < -0.3 is 4.90 Å². The molecule has 0 aliphatic rings. The molecule has 0 aromatic rings. The minimum atomic E-state index is 0.342. The van der Waals surface area contributed by atoms with Crippen molar-refractivity contribution in [3.8, 4) is 0 Å². The Morgan fingerprint density at radius 3 is 1.62 bits per heavy atom. The Labute approximate surface area is 52.7 Å². The second kappa shape index (κ2) is 2.49. The fourth-order valence-corrected chi connectivity index (χ4v) is 0.474. The molecule has 0 saturated heterocycles. The molecule has 0 saturated carbocycles. The summed E-state index contributed by atoms with van der Waals surface area (Å²) in [6.07, 6.45) is 0. The molecule has 0 rings (SSSR count). The van der Waals surface area contributed by atoms with Gasteiger partial charge in [-0.15, -0.1) is 0 Å². The van der Waals surface area contributed by atoms with Gasteiger partial charge in [0.05, 0.1) is 0 Å². The fourth-order valence-electron chi connectivity index (χ4n) is 0.474. The van der Waals surface area contributed by atoms with Gasteiger partial charge in [0, 0.05) is 5.54 Å². The molecular weight excluding hydrogens is 98.1 g/mol. The molecule has 0 aliphatic heterocycles. The predicted octanol–water partition coefficient (Wildman–Crippen LogP) is 1.74. The van der Waals surface area contributed by atoms with Crippen LogP contribution in [0, 0.1) is 0 Å². The average Bonchev–Trinajstić information content (AvgIpc) is 1.62. The number of hydrogen-bond donors (Lipinski definition) is 0. The lowest BCUT2D eigenvalue weighted by Gasteiger charge is -2.30. The van der Waals surface area contributed by atoms with Gasteiger partial charge in [0.25, 0.3) is 0 Å². The van der Waals surface area contributed by atoms with Gasteiger partial charge in [0.15, 0.2) is 0 Å². The van der Waals surface area contributed by atoms with Crippen molar-refractivity contribution in [2.75, 3.05) is 13.6 Å². The van der Waals surface area contributed by atoms with Crippen molar-refractivity contribution in [2.45, 2.75) is 33.2 Å². The molecule has 1 nitrogen and oxygen atoms in total. The minimum Gasteiger partial charge on any atom is -0.302 e. The molecule has 8 heavy (non-hydrogen) atoms. The summed E-state index contributed by atoms with van der Waals surface area (Å²) in [4.78, 5) is 2.31. The first-order valence-corrected chi connectivity index (χ1v) is 3.19. The summed E-state index contributed by atoms with van der Waals surface area (Å²) in [5, 5.41) is 0. The largest absolute Gasteiger partial charge is 0.302 e. The summed E-state index contributed by atoms with van der Waals surface area (Å²) < 4.78 is 0. The maximum atomic E-state index is 2.31. The Balaban J connectivity index is 3.62. The molecule has 0 bridgehead atoms. The summed E-state index contributed by atoms with van der Waals surface area (Å²) >= 11 is 0. The van der Waals surface area contributed by atoms with Crippen LogP contribution in [0.4, 0.5) is 0 Å². The van der Waals surface area contributed by atoms with Gasteiger partial charge in [-0.3, -0.25) is 0 Å². The lowest BCUT2D eigenvalue weighted by Crippen LogP contribution is -2.37. The molecule has 0 spiro atoms. The minimum absolute atomic E-state index is 0.342. The van der Waals surface area contributed by atoms with Crippen molar-refractivity contribution >= 4 is 0 Å². The van der Waals surface area contributed by atoms with E-state index in [-0.39, 0.29) is 0 Å². The van der Waals surface area contributed by atoms with Crippen molar-refractivity contribution in [3.63, 3.8) is 0 Å². The van der Waals surface area contributed by atoms with Gasteiger partial charge in [0.1, 0.15) is 0 Å². The van der Waals surface area contributed by atoms with Gasteiger partial charge in [-0.05, 0) is 34.4 Å². The molecule has 0 heterocycles. The fraction of sp³-hybridized carbons (Fsp3) is 1.00. The molecular formula is C7H17N. The summed E-state index contributed by atoms with van der Waals surface area (Å²) in [6, 6.07) is 0. The lowest BCUT2D eigenvalue weighted by molar-refractivity contribution is 0.185. The van der Waals surface area contributed by atoms with E-state index in [1.165, 1.54) is 0 Å². The first-order chi connectivity index (χ1) is 3.48. The van der Waals surface area contributed by atoms with Crippen LogP contribution in [0.3, 0.4) is 0 Å². The van der Waals surface area contributed by atoms with Gasteiger partial charge in [-0.1, -0.05) is 6.92 Å². The van der Waals surface area contributed by atoms with Crippen molar-refractivity contribution in [1.29, 1.82) is 0 Å². The van der Waals surface area contributed by atoms with Gasteiger partial charge in [0.2, 0.25) is 0 Å². The highest BCUT2D eigenvalue weighted by Gasteiger charge is 2.13. The molecule has 0 unspecified atom stereocenters. The van der Waals surface area contributed by atoms with Gasteiger partial charge in [-0.2, -0.15) is 0 Å². The third-order valence-electron chi connectivity index (χ3n) is 1.62. The molecule has 0 atom stereocenters. The first kappa shape index (κ1) is 7.96. The number of nitrogens with zero attached hydrogens (tertiary/aromatic N) is 1. The summed E-state index contributed by atoms with van der Waals surface area (Å²) in [5.41, 5.74) is 0.342. The molecule has 0 aliphatic carbocycles. The van der Waals surface area contributed by atoms with Crippen LogP contribution in [0.15, 0.2) is 0 Å². The van der Waals surface area contributed by atoms with E-state index in [2.05, 4.69) is 39.6 Å². The van der Waals surface area contributed by atoms with Gasteiger partial charge >= 0.3 is 0 Å². The Bertz CT molecular complexity index is 61.3. The van der Waals surface area contributed by atoms with E-state index in [1.807, 2.05) is 0 Å². The highest BCUT2D eigenvalue weighted by Crippen LogP contribution is 2.08. The molecule has 50 valence electrons. The van der Waals surface area contributed by atoms with Crippen LogP contribution in [0.2, 0.25) is 0 Å². The summed E-state index contributed by atoms with van der Waals surface area (Å²) in [7, 11) is 2.14. The molecule has 1 heteroatoms. The standard InChI is InChI=1S/C7H17N/c1-6-8(5)7(2,3)4/h6H2,1-5H3. The van der Waals surface area contributed by atoms with Crippen LogP contribution < -0.4 is 0 Å². The van der Waals surface area contributed by atoms with Crippen LogP contribution in [-0.2, 0) is 0 Å². The van der Waals surface area contributed by atoms with Crippen LogP contribution in [0.1, 0.15) is 27.7 Å². The van der Waals surface area contributed by atoms with Crippen LogP contribution in [0.25, 0.3) is 0 Å². The molecule has 0 aromatic carbocycles. The van der Waals surface area contributed by atoms with Crippen molar-refractivity contribution in [1.82, 2.24) is 4.90 Å². The Kier molecular flexibility index (Phi) is 2.48. The highest BCUT2D eigenvalue weighted by molar-refractivity contribution is 4.70. The van der Waals surface area contributed by atoms with E-state index in [0.29, 0.717) is 5.54 Å². The smallest absolute Gasteiger partial charge is 0.0121 e. The second-order valence-electron chi connectivity index (χ2n) is 3.18. The predicted molar refractivity (Wildman–Crippen MR) is 38.1 cm³/mol. The normalized spacial score (nSPS) is 12.8. The van der Waals surface area contributed by atoms with E-state index in [1.54, 1.807) is 0 Å². The van der Waals surface area contributed by atoms with Crippen LogP contribution >= 0.6 is 0 Å². The second-order valence-corrected chi connectivity index (χ2v) is 3.18. The molecule has 0 amide bonds. The third-order valence-corrected chi connectivity index (χ3v) is 1.62. The molecule has 0 N–H and O–H groups in total. The van der Waals surface area contributed by atoms with Gasteiger partial charge in [-0.25, -0.2) is 0 Å². The summed E-state index contributed by atoms with van der Waals surface area (Å²) in [6.45, 7) is 9.96. The average molecular weight is 115 g/mol. The Hall–Kier alpha value is -0.0400. The Morgan fingerprint density at radius 1 is 1.25 bits per heavy atom. The summed E-state index contributed by atoms with van der Waals surface area (Å²) in [5.74, 6) is 0. The molecule has 0 radical (unpaired) electrons. The Morgan fingerprint density at radius 2 is 1.62 bits per heavy atom. The maximum absolute atomic E-state index is 2.31. The molecule has 0 fully saturated rings. The highest BCUT2D eigenvalue weighted by atomic mass is 15.1. The van der Waals surface area contributed by atoms with E-state index in [9.17, 15) is 0 Å². The zero-order valence-electron chi connectivity index (χ0n) is 6.65. The zero-order chi connectivity index (χ0) is 6.78. The van der Waals surface area contributed by atoms with E-state index < -0.39 is 0 Å².